The highest BCUT2D eigenvalue weighted by Crippen LogP contribution is 2.29. The van der Waals surface area contributed by atoms with E-state index in [1.54, 1.807) is 18.2 Å². The Morgan fingerprint density at radius 1 is 1.03 bits per heavy atom. The molecule has 178 valence electrons. The summed E-state index contributed by atoms with van der Waals surface area (Å²) in [6, 6.07) is 8.14. The van der Waals surface area contributed by atoms with Crippen molar-refractivity contribution >= 4 is 38.8 Å². The standard InChI is InChI=1S/C23H28N2O6S2/c1-17-5-8-22(32-17)21(26)16-31-23(27)19-15-18(33(28,29)25-9-3-2-4-10-25)6-7-20(19)24-11-13-30-14-12-24/h5-8,15H,2-4,9-14,16H2,1H3. The number of carbonyl (C=O) groups is 2. The Hall–Kier alpha value is -2.27. The SMILES string of the molecule is Cc1ccc(C(=O)COC(=O)c2cc(S(=O)(=O)N3CCCCC3)ccc2N2CCOCC2)s1. The molecule has 2 fully saturated rings. The monoisotopic (exact) mass is 492 g/mol. The van der Waals surface area contributed by atoms with Crippen LogP contribution < -0.4 is 4.90 Å². The molecule has 0 saturated carbocycles. The number of esters is 1. The number of Topliss-reactive ketones (excluding diaryl/α,β-unsaturated/α-hetero) is 1. The van der Waals surface area contributed by atoms with Crippen molar-refractivity contribution in [2.24, 2.45) is 0 Å². The summed E-state index contributed by atoms with van der Waals surface area (Å²) < 4.78 is 38.6. The quantitative estimate of drug-likeness (QED) is 0.433. The molecule has 8 nitrogen and oxygen atoms in total. The van der Waals surface area contributed by atoms with E-state index in [1.165, 1.54) is 21.7 Å². The molecule has 0 bridgehead atoms. The van der Waals surface area contributed by atoms with Crippen molar-refractivity contribution < 1.29 is 27.5 Å². The van der Waals surface area contributed by atoms with Crippen molar-refractivity contribution in [2.45, 2.75) is 31.1 Å². The fourth-order valence-corrected chi connectivity index (χ4v) is 6.37. The lowest BCUT2D eigenvalue weighted by Gasteiger charge is -2.31. The third kappa shape index (κ3) is 5.46. The summed E-state index contributed by atoms with van der Waals surface area (Å²) in [4.78, 5) is 29.0. The molecule has 2 aromatic rings. The van der Waals surface area contributed by atoms with Crippen molar-refractivity contribution in [3.05, 3.63) is 45.6 Å². The smallest absolute Gasteiger partial charge is 0.340 e. The molecule has 0 amide bonds. The Kier molecular flexibility index (Phi) is 7.48. The van der Waals surface area contributed by atoms with E-state index >= 15 is 0 Å². The Morgan fingerprint density at radius 2 is 1.76 bits per heavy atom. The summed E-state index contributed by atoms with van der Waals surface area (Å²) in [7, 11) is -3.72. The van der Waals surface area contributed by atoms with Gasteiger partial charge in [0.2, 0.25) is 15.8 Å². The zero-order valence-electron chi connectivity index (χ0n) is 18.6. The number of benzene rings is 1. The van der Waals surface area contributed by atoms with E-state index in [0.29, 0.717) is 50.0 Å². The largest absolute Gasteiger partial charge is 0.454 e. The molecule has 2 aliphatic heterocycles. The van der Waals surface area contributed by atoms with Gasteiger partial charge in [0.25, 0.3) is 0 Å². The first-order valence-electron chi connectivity index (χ1n) is 11.1. The van der Waals surface area contributed by atoms with E-state index in [-0.39, 0.29) is 16.2 Å². The number of sulfonamides is 1. The van der Waals surface area contributed by atoms with Crippen LogP contribution in [-0.2, 0) is 19.5 Å². The third-order valence-electron chi connectivity index (χ3n) is 5.84. The van der Waals surface area contributed by atoms with Crippen molar-refractivity contribution in [3.8, 4) is 0 Å². The van der Waals surface area contributed by atoms with Crippen LogP contribution in [0.3, 0.4) is 0 Å². The van der Waals surface area contributed by atoms with E-state index < -0.39 is 22.6 Å². The van der Waals surface area contributed by atoms with Crippen LogP contribution in [-0.4, -0.2) is 70.5 Å². The lowest BCUT2D eigenvalue weighted by Crippen LogP contribution is -2.38. The zero-order chi connectivity index (χ0) is 23.4. The highest BCUT2D eigenvalue weighted by molar-refractivity contribution is 7.89. The normalized spacial score (nSPS) is 17.7. The van der Waals surface area contributed by atoms with Crippen molar-refractivity contribution in [1.29, 1.82) is 0 Å². The number of ether oxygens (including phenoxy) is 2. The molecule has 4 rings (SSSR count). The summed E-state index contributed by atoms with van der Waals surface area (Å²) in [6.07, 6.45) is 2.66. The van der Waals surface area contributed by atoms with E-state index in [4.69, 9.17) is 9.47 Å². The van der Waals surface area contributed by atoms with Crippen LogP contribution in [0.4, 0.5) is 5.69 Å². The summed E-state index contributed by atoms with van der Waals surface area (Å²) >= 11 is 1.34. The predicted octanol–water partition coefficient (Wildman–Crippen LogP) is 3.11. The molecule has 33 heavy (non-hydrogen) atoms. The Balaban J connectivity index is 1.60. The molecule has 2 aliphatic rings. The van der Waals surface area contributed by atoms with Gasteiger partial charge in [0.1, 0.15) is 0 Å². The summed E-state index contributed by atoms with van der Waals surface area (Å²) in [5, 5.41) is 0. The van der Waals surface area contributed by atoms with Gasteiger partial charge in [-0.3, -0.25) is 4.79 Å². The fourth-order valence-electron chi connectivity index (χ4n) is 4.04. The number of morpholine rings is 1. The van der Waals surface area contributed by atoms with Crippen molar-refractivity contribution in [2.75, 3.05) is 50.9 Å². The van der Waals surface area contributed by atoms with Crippen molar-refractivity contribution in [1.82, 2.24) is 4.31 Å². The number of hydrogen-bond donors (Lipinski definition) is 0. The number of hydrogen-bond acceptors (Lipinski definition) is 8. The molecule has 10 heteroatoms. The number of nitrogens with zero attached hydrogens (tertiary/aromatic N) is 2. The highest BCUT2D eigenvalue weighted by Gasteiger charge is 2.29. The lowest BCUT2D eigenvalue weighted by atomic mass is 10.1. The Morgan fingerprint density at radius 3 is 2.42 bits per heavy atom. The molecule has 0 spiro atoms. The maximum absolute atomic E-state index is 13.2. The van der Waals surface area contributed by atoms with Gasteiger partial charge in [0.05, 0.1) is 34.2 Å². The Labute approximate surface area is 198 Å². The van der Waals surface area contributed by atoms with E-state index in [9.17, 15) is 18.0 Å². The van der Waals surface area contributed by atoms with Gasteiger partial charge in [-0.15, -0.1) is 11.3 Å². The van der Waals surface area contributed by atoms with Crippen LogP contribution in [0.25, 0.3) is 0 Å². The number of thiophene rings is 1. The van der Waals surface area contributed by atoms with Gasteiger partial charge < -0.3 is 14.4 Å². The van der Waals surface area contributed by atoms with Crippen LogP contribution in [0.5, 0.6) is 0 Å². The molecule has 1 aromatic heterocycles. The first-order chi connectivity index (χ1) is 15.9. The van der Waals surface area contributed by atoms with Gasteiger partial charge in [-0.25, -0.2) is 13.2 Å². The van der Waals surface area contributed by atoms with Gasteiger partial charge in [0.15, 0.2) is 6.61 Å². The topological polar surface area (TPSA) is 93.2 Å². The van der Waals surface area contributed by atoms with Crippen LogP contribution >= 0.6 is 11.3 Å². The molecule has 0 N–H and O–H groups in total. The average molecular weight is 493 g/mol. The molecule has 1 aromatic carbocycles. The van der Waals surface area contributed by atoms with Crippen molar-refractivity contribution in [3.63, 3.8) is 0 Å². The second kappa shape index (κ2) is 10.3. The second-order valence-corrected chi connectivity index (χ2v) is 11.4. The van der Waals surface area contributed by atoms with Gasteiger partial charge in [-0.1, -0.05) is 6.42 Å². The average Bonchev–Trinajstić information content (AvgIpc) is 3.29. The van der Waals surface area contributed by atoms with Crippen LogP contribution in [0.15, 0.2) is 35.2 Å². The summed E-state index contributed by atoms with van der Waals surface area (Å²) in [5.74, 6) is -1.000. The van der Waals surface area contributed by atoms with Gasteiger partial charge >= 0.3 is 5.97 Å². The zero-order valence-corrected chi connectivity index (χ0v) is 20.3. The molecule has 0 unspecified atom stereocenters. The lowest BCUT2D eigenvalue weighted by molar-refractivity contribution is 0.0475. The molecule has 3 heterocycles. The number of anilines is 1. The minimum Gasteiger partial charge on any atom is -0.454 e. The van der Waals surface area contributed by atoms with Crippen LogP contribution in [0.2, 0.25) is 0 Å². The molecular formula is C23H28N2O6S2. The number of aryl methyl sites for hydroxylation is 1. The minimum atomic E-state index is -3.72. The number of carbonyl (C=O) groups excluding carboxylic acids is 2. The third-order valence-corrected chi connectivity index (χ3v) is 8.78. The molecule has 0 radical (unpaired) electrons. The molecular weight excluding hydrogens is 464 g/mol. The summed E-state index contributed by atoms with van der Waals surface area (Å²) in [5.41, 5.74) is 0.727. The van der Waals surface area contributed by atoms with Gasteiger partial charge in [-0.2, -0.15) is 4.31 Å². The predicted molar refractivity (Wildman–Crippen MR) is 126 cm³/mol. The maximum Gasteiger partial charge on any atom is 0.340 e. The first kappa shape index (κ1) is 23.9. The van der Waals surface area contributed by atoms with E-state index in [2.05, 4.69) is 0 Å². The summed E-state index contributed by atoms with van der Waals surface area (Å²) in [6.45, 7) is 4.62. The van der Waals surface area contributed by atoms with E-state index in [1.807, 2.05) is 17.9 Å². The fraction of sp³-hybridized carbons (Fsp3) is 0.478. The number of rotatable bonds is 7. The van der Waals surface area contributed by atoms with Crippen LogP contribution in [0.1, 0.15) is 44.2 Å². The number of ketones is 1. The molecule has 0 aliphatic carbocycles. The number of piperidine rings is 1. The highest BCUT2D eigenvalue weighted by atomic mass is 32.2. The first-order valence-corrected chi connectivity index (χ1v) is 13.4. The van der Waals surface area contributed by atoms with E-state index in [0.717, 1.165) is 24.1 Å². The van der Waals surface area contributed by atoms with Gasteiger partial charge in [-0.05, 0) is 50.1 Å². The second-order valence-electron chi connectivity index (χ2n) is 8.15. The maximum atomic E-state index is 13.2. The van der Waals surface area contributed by atoms with Gasteiger partial charge in [0, 0.05) is 31.1 Å². The van der Waals surface area contributed by atoms with Crippen LogP contribution in [0, 0.1) is 6.92 Å². The Bertz CT molecular complexity index is 1120. The molecule has 0 atom stereocenters. The molecule has 2 saturated heterocycles. The minimum absolute atomic E-state index is 0.0635.